The molecule has 1 fully saturated rings. The number of benzene rings is 1. The predicted octanol–water partition coefficient (Wildman–Crippen LogP) is 3.67. The Bertz CT molecular complexity index is 831. The lowest BCUT2D eigenvalue weighted by atomic mass is 9.96. The molecule has 1 saturated heterocycles. The maximum absolute atomic E-state index is 12.4. The fourth-order valence-electron chi connectivity index (χ4n) is 4.28. The van der Waals surface area contributed by atoms with E-state index in [2.05, 4.69) is 11.0 Å². The van der Waals surface area contributed by atoms with Crippen molar-refractivity contribution < 1.29 is 9.52 Å². The van der Waals surface area contributed by atoms with Crippen LogP contribution in [0, 0.1) is 6.92 Å². The third-order valence-corrected chi connectivity index (χ3v) is 5.64. The standard InChI is InChI=1S/C20H25NO3/c1-13-18(22)14(12-21-9-5-6-10-21)11-17-15-7-3-2-4-8-16(15)20(23)24-19(13)17/h11,22H,2-10,12H2,1H3. The summed E-state index contributed by atoms with van der Waals surface area (Å²) in [5.74, 6) is 0.283. The Kier molecular flexibility index (Phi) is 4.09. The summed E-state index contributed by atoms with van der Waals surface area (Å²) < 4.78 is 5.62. The first-order valence-electron chi connectivity index (χ1n) is 9.17. The minimum atomic E-state index is -0.214. The molecule has 0 atom stereocenters. The van der Waals surface area contributed by atoms with E-state index in [9.17, 15) is 9.90 Å². The number of phenols is 1. The van der Waals surface area contributed by atoms with Gasteiger partial charge in [-0.2, -0.15) is 0 Å². The van der Waals surface area contributed by atoms with Crippen LogP contribution in [0.1, 0.15) is 54.4 Å². The monoisotopic (exact) mass is 327 g/mol. The van der Waals surface area contributed by atoms with Crippen LogP contribution in [-0.2, 0) is 19.4 Å². The van der Waals surface area contributed by atoms with E-state index in [-0.39, 0.29) is 11.4 Å². The summed E-state index contributed by atoms with van der Waals surface area (Å²) in [6.45, 7) is 4.82. The number of aryl methyl sites for hydroxylation is 2. The number of nitrogens with zero attached hydrogens (tertiary/aromatic N) is 1. The minimum absolute atomic E-state index is 0.214. The van der Waals surface area contributed by atoms with Gasteiger partial charge in [0.1, 0.15) is 11.3 Å². The molecule has 4 rings (SSSR count). The van der Waals surface area contributed by atoms with Gasteiger partial charge in [0.05, 0.1) is 0 Å². The molecule has 0 spiro atoms. The Morgan fingerprint density at radius 1 is 1.08 bits per heavy atom. The summed E-state index contributed by atoms with van der Waals surface area (Å²) in [7, 11) is 0. The first-order valence-corrected chi connectivity index (χ1v) is 9.17. The summed E-state index contributed by atoms with van der Waals surface area (Å²) in [5.41, 5.74) is 4.03. The smallest absolute Gasteiger partial charge is 0.339 e. The van der Waals surface area contributed by atoms with E-state index in [0.717, 1.165) is 73.8 Å². The molecule has 128 valence electrons. The molecule has 24 heavy (non-hydrogen) atoms. The van der Waals surface area contributed by atoms with Crippen molar-refractivity contribution in [2.45, 2.75) is 58.4 Å². The quantitative estimate of drug-likeness (QED) is 0.675. The molecule has 2 aliphatic rings. The normalized spacial score (nSPS) is 18.7. The van der Waals surface area contributed by atoms with Gasteiger partial charge in [-0.05, 0) is 70.2 Å². The number of phenolic OH excluding ortho intramolecular Hbond substituents is 1. The first-order chi connectivity index (χ1) is 11.6. The highest BCUT2D eigenvalue weighted by Crippen LogP contribution is 2.35. The molecular weight excluding hydrogens is 302 g/mol. The zero-order valence-corrected chi connectivity index (χ0v) is 14.4. The Hall–Kier alpha value is -1.81. The van der Waals surface area contributed by atoms with E-state index in [1.54, 1.807) is 0 Å². The van der Waals surface area contributed by atoms with Gasteiger partial charge in [-0.1, -0.05) is 6.42 Å². The zero-order chi connectivity index (χ0) is 16.7. The highest BCUT2D eigenvalue weighted by atomic mass is 16.4. The average molecular weight is 327 g/mol. The van der Waals surface area contributed by atoms with Crippen LogP contribution in [0.2, 0.25) is 0 Å². The second kappa shape index (κ2) is 6.25. The number of fused-ring (bicyclic) bond motifs is 3. The molecule has 0 unspecified atom stereocenters. The largest absolute Gasteiger partial charge is 0.507 e. The molecule has 0 amide bonds. The van der Waals surface area contributed by atoms with Gasteiger partial charge in [-0.25, -0.2) is 4.79 Å². The van der Waals surface area contributed by atoms with E-state index in [1.165, 1.54) is 12.8 Å². The molecular formula is C20H25NO3. The van der Waals surface area contributed by atoms with Crippen LogP contribution in [-0.4, -0.2) is 23.1 Å². The van der Waals surface area contributed by atoms with Gasteiger partial charge in [0, 0.05) is 28.6 Å². The van der Waals surface area contributed by atoms with E-state index >= 15 is 0 Å². The molecule has 2 aromatic rings. The average Bonchev–Trinajstić information content (AvgIpc) is 2.95. The van der Waals surface area contributed by atoms with Gasteiger partial charge in [-0.3, -0.25) is 4.90 Å². The second-order valence-corrected chi connectivity index (χ2v) is 7.28. The maximum atomic E-state index is 12.4. The summed E-state index contributed by atoms with van der Waals surface area (Å²) >= 11 is 0. The summed E-state index contributed by atoms with van der Waals surface area (Å²) in [4.78, 5) is 14.8. The topological polar surface area (TPSA) is 53.7 Å². The summed E-state index contributed by atoms with van der Waals surface area (Å²) in [6.07, 6.45) is 7.55. The van der Waals surface area contributed by atoms with E-state index in [1.807, 2.05) is 6.92 Å². The second-order valence-electron chi connectivity index (χ2n) is 7.28. The van der Waals surface area contributed by atoms with Crippen molar-refractivity contribution >= 4 is 11.0 Å². The lowest BCUT2D eigenvalue weighted by molar-refractivity contribution is 0.324. The van der Waals surface area contributed by atoms with Gasteiger partial charge in [0.15, 0.2) is 0 Å². The van der Waals surface area contributed by atoms with Crippen molar-refractivity contribution in [2.75, 3.05) is 13.1 Å². The van der Waals surface area contributed by atoms with E-state index < -0.39 is 0 Å². The number of likely N-dealkylation sites (tertiary alicyclic amines) is 1. The Labute approximate surface area is 142 Å². The summed E-state index contributed by atoms with van der Waals surface area (Å²) in [6, 6.07) is 2.07. The SMILES string of the molecule is Cc1c(O)c(CN2CCCC2)cc2c3c(c(=O)oc12)CCCCC3. The fourth-order valence-corrected chi connectivity index (χ4v) is 4.28. The molecule has 4 nitrogen and oxygen atoms in total. The van der Waals surface area contributed by atoms with Crippen molar-refractivity contribution in [3.8, 4) is 5.75 Å². The van der Waals surface area contributed by atoms with Crippen molar-refractivity contribution in [1.82, 2.24) is 4.90 Å². The maximum Gasteiger partial charge on any atom is 0.339 e. The van der Waals surface area contributed by atoms with Crippen LogP contribution in [0.5, 0.6) is 5.75 Å². The molecule has 1 aromatic carbocycles. The molecule has 2 heterocycles. The third-order valence-electron chi connectivity index (χ3n) is 5.64. The van der Waals surface area contributed by atoms with Crippen LogP contribution in [0.25, 0.3) is 11.0 Å². The molecule has 1 aliphatic heterocycles. The number of hydrogen-bond donors (Lipinski definition) is 1. The van der Waals surface area contributed by atoms with Crippen LogP contribution in [0.4, 0.5) is 0 Å². The van der Waals surface area contributed by atoms with Crippen LogP contribution >= 0.6 is 0 Å². The minimum Gasteiger partial charge on any atom is -0.507 e. The van der Waals surface area contributed by atoms with Gasteiger partial charge < -0.3 is 9.52 Å². The third kappa shape index (κ3) is 2.63. The Morgan fingerprint density at radius 2 is 1.79 bits per heavy atom. The summed E-state index contributed by atoms with van der Waals surface area (Å²) in [5, 5.41) is 11.7. The molecule has 4 heteroatoms. The highest BCUT2D eigenvalue weighted by molar-refractivity contribution is 5.87. The van der Waals surface area contributed by atoms with Gasteiger partial charge >= 0.3 is 5.63 Å². The molecule has 0 bridgehead atoms. The molecule has 1 aliphatic carbocycles. The fraction of sp³-hybridized carbons (Fsp3) is 0.550. The first kappa shape index (κ1) is 15.7. The van der Waals surface area contributed by atoms with Crippen molar-refractivity contribution in [2.24, 2.45) is 0 Å². The predicted molar refractivity (Wildman–Crippen MR) is 94.7 cm³/mol. The van der Waals surface area contributed by atoms with Crippen molar-refractivity contribution in [1.29, 1.82) is 0 Å². The van der Waals surface area contributed by atoms with Crippen LogP contribution < -0.4 is 5.63 Å². The Balaban J connectivity index is 1.89. The molecule has 1 aromatic heterocycles. The van der Waals surface area contributed by atoms with Crippen molar-refractivity contribution in [3.63, 3.8) is 0 Å². The highest BCUT2D eigenvalue weighted by Gasteiger charge is 2.22. The lowest BCUT2D eigenvalue weighted by Gasteiger charge is -2.18. The van der Waals surface area contributed by atoms with E-state index in [0.29, 0.717) is 11.1 Å². The van der Waals surface area contributed by atoms with Gasteiger partial charge in [-0.15, -0.1) is 0 Å². The Morgan fingerprint density at radius 3 is 2.54 bits per heavy atom. The molecule has 0 saturated carbocycles. The van der Waals surface area contributed by atoms with Gasteiger partial charge in [0.2, 0.25) is 0 Å². The number of hydrogen-bond acceptors (Lipinski definition) is 4. The van der Waals surface area contributed by atoms with Gasteiger partial charge in [0.25, 0.3) is 0 Å². The van der Waals surface area contributed by atoms with Crippen LogP contribution in [0.15, 0.2) is 15.3 Å². The number of aromatic hydroxyl groups is 1. The molecule has 1 N–H and O–H groups in total. The zero-order valence-electron chi connectivity index (χ0n) is 14.4. The van der Waals surface area contributed by atoms with Crippen molar-refractivity contribution in [3.05, 3.63) is 38.7 Å². The number of rotatable bonds is 2. The van der Waals surface area contributed by atoms with Crippen LogP contribution in [0.3, 0.4) is 0 Å². The lowest BCUT2D eigenvalue weighted by Crippen LogP contribution is -2.19. The van der Waals surface area contributed by atoms with E-state index in [4.69, 9.17) is 4.42 Å². The molecule has 0 radical (unpaired) electrons.